The maximum absolute atomic E-state index is 11.8. The Morgan fingerprint density at radius 2 is 2.12 bits per heavy atom. The van der Waals surface area contributed by atoms with Crippen LogP contribution in [0.2, 0.25) is 0 Å². The van der Waals surface area contributed by atoms with Gasteiger partial charge in [-0.05, 0) is 35.4 Å². The van der Waals surface area contributed by atoms with Crippen LogP contribution >= 0.6 is 0 Å². The number of rotatable bonds is 7. The fourth-order valence-corrected chi connectivity index (χ4v) is 1.83. The Kier molecular flexibility index (Phi) is 6.52. The smallest absolute Gasteiger partial charge is 0.343 e. The molecule has 0 fully saturated rings. The molecule has 0 bridgehead atoms. The summed E-state index contributed by atoms with van der Waals surface area (Å²) in [6.07, 6.45) is 6.49. The topological polar surface area (TPSA) is 77.5 Å². The number of benzene rings is 1. The van der Waals surface area contributed by atoms with E-state index in [-0.39, 0.29) is 12.5 Å². The maximum atomic E-state index is 11.8. The van der Waals surface area contributed by atoms with Gasteiger partial charge in [-0.25, -0.2) is 4.79 Å². The lowest BCUT2D eigenvalue weighted by molar-refractivity contribution is -0.142. The normalized spacial score (nSPS) is 10.4. The van der Waals surface area contributed by atoms with E-state index in [0.29, 0.717) is 12.3 Å². The summed E-state index contributed by atoms with van der Waals surface area (Å²) in [6.45, 7) is 0.258. The Morgan fingerprint density at radius 3 is 2.88 bits per heavy atom. The van der Waals surface area contributed by atoms with Crippen molar-refractivity contribution in [2.24, 2.45) is 0 Å². The van der Waals surface area contributed by atoms with Crippen LogP contribution in [0, 0.1) is 0 Å². The number of carbonyl (C=O) groups excluding carboxylic acids is 2. The van der Waals surface area contributed by atoms with Crippen LogP contribution in [0.15, 0.2) is 54.9 Å². The van der Waals surface area contributed by atoms with Gasteiger partial charge in [-0.3, -0.25) is 9.78 Å². The van der Waals surface area contributed by atoms with Crippen LogP contribution in [0.5, 0.6) is 5.75 Å². The highest BCUT2D eigenvalue weighted by Crippen LogP contribution is 2.14. The summed E-state index contributed by atoms with van der Waals surface area (Å²) in [5, 5.41) is 2.77. The molecule has 1 N–H and O–H groups in total. The molecule has 1 aromatic heterocycles. The highest BCUT2D eigenvalue weighted by atomic mass is 16.6. The Hall–Kier alpha value is -3.15. The van der Waals surface area contributed by atoms with Gasteiger partial charge in [0.1, 0.15) is 5.75 Å². The lowest BCUT2D eigenvalue weighted by Gasteiger charge is -2.05. The molecule has 0 atom stereocenters. The van der Waals surface area contributed by atoms with Crippen LogP contribution < -0.4 is 10.1 Å². The number of carbonyl (C=O) groups is 2. The molecule has 0 spiro atoms. The Labute approximate surface area is 140 Å². The Balaban J connectivity index is 1.86. The third kappa shape index (κ3) is 5.92. The number of methoxy groups -OCH3 is 1. The van der Waals surface area contributed by atoms with Crippen molar-refractivity contribution in [1.29, 1.82) is 0 Å². The monoisotopic (exact) mass is 326 g/mol. The first-order chi connectivity index (χ1) is 11.7. The molecule has 0 aliphatic heterocycles. The largest absolute Gasteiger partial charge is 0.482 e. The van der Waals surface area contributed by atoms with E-state index in [2.05, 4.69) is 15.0 Å². The van der Waals surface area contributed by atoms with Crippen molar-refractivity contribution in [3.63, 3.8) is 0 Å². The number of aromatic nitrogens is 1. The fourth-order valence-electron chi connectivity index (χ4n) is 1.83. The molecule has 124 valence electrons. The fraction of sp³-hybridized carbons (Fsp3) is 0.167. The van der Waals surface area contributed by atoms with Gasteiger partial charge in [0, 0.05) is 25.0 Å². The predicted molar refractivity (Wildman–Crippen MR) is 89.1 cm³/mol. The Bertz CT molecular complexity index is 714. The average Bonchev–Trinajstić information content (AvgIpc) is 2.64. The number of hydrogen-bond acceptors (Lipinski definition) is 5. The second kappa shape index (κ2) is 9.09. The summed E-state index contributed by atoms with van der Waals surface area (Å²) in [5.74, 6) is -0.135. The first-order valence-corrected chi connectivity index (χ1v) is 7.32. The van der Waals surface area contributed by atoms with E-state index in [9.17, 15) is 9.59 Å². The summed E-state index contributed by atoms with van der Waals surface area (Å²) in [6, 6.07) is 10.8. The molecule has 2 rings (SSSR count). The SMILES string of the molecule is COC(=O)COc1cccc(C=CC(=O)NCc2cccnc2)c1. The average molecular weight is 326 g/mol. The van der Waals surface area contributed by atoms with Gasteiger partial charge in [0.15, 0.2) is 6.61 Å². The molecule has 1 heterocycles. The zero-order chi connectivity index (χ0) is 17.2. The van der Waals surface area contributed by atoms with Crippen molar-refractivity contribution >= 4 is 18.0 Å². The van der Waals surface area contributed by atoms with E-state index >= 15 is 0 Å². The summed E-state index contributed by atoms with van der Waals surface area (Å²) in [4.78, 5) is 26.9. The zero-order valence-electron chi connectivity index (χ0n) is 13.3. The molecule has 0 saturated heterocycles. The third-order valence-corrected chi connectivity index (χ3v) is 3.06. The number of ether oxygens (including phenoxy) is 2. The molecule has 0 unspecified atom stereocenters. The zero-order valence-corrected chi connectivity index (χ0v) is 13.3. The molecule has 6 nitrogen and oxygen atoms in total. The highest BCUT2D eigenvalue weighted by Gasteiger charge is 2.02. The molecule has 0 saturated carbocycles. The van der Waals surface area contributed by atoms with Crippen LogP contribution in [0.1, 0.15) is 11.1 Å². The van der Waals surface area contributed by atoms with Crippen molar-refractivity contribution < 1.29 is 19.1 Å². The van der Waals surface area contributed by atoms with E-state index in [4.69, 9.17) is 4.74 Å². The molecule has 0 aliphatic carbocycles. The van der Waals surface area contributed by atoms with Crippen LogP contribution in [0.4, 0.5) is 0 Å². The Morgan fingerprint density at radius 1 is 1.25 bits per heavy atom. The number of nitrogens with one attached hydrogen (secondary N) is 1. The van der Waals surface area contributed by atoms with Gasteiger partial charge in [-0.15, -0.1) is 0 Å². The van der Waals surface area contributed by atoms with Gasteiger partial charge in [0.05, 0.1) is 7.11 Å². The first-order valence-electron chi connectivity index (χ1n) is 7.32. The second-order valence-corrected chi connectivity index (χ2v) is 4.85. The van der Waals surface area contributed by atoms with Crippen molar-refractivity contribution in [3.8, 4) is 5.75 Å². The van der Waals surface area contributed by atoms with E-state index in [1.807, 2.05) is 18.2 Å². The molecule has 1 amide bonds. The van der Waals surface area contributed by atoms with Gasteiger partial charge in [-0.2, -0.15) is 0 Å². The summed E-state index contributed by atoms with van der Waals surface area (Å²) >= 11 is 0. The van der Waals surface area contributed by atoms with Crippen LogP contribution in [0.25, 0.3) is 6.08 Å². The van der Waals surface area contributed by atoms with Gasteiger partial charge in [0.25, 0.3) is 0 Å². The van der Waals surface area contributed by atoms with Gasteiger partial charge in [-0.1, -0.05) is 18.2 Å². The molecular formula is C18H18N2O4. The molecule has 0 aliphatic rings. The van der Waals surface area contributed by atoms with Gasteiger partial charge < -0.3 is 14.8 Å². The van der Waals surface area contributed by atoms with E-state index < -0.39 is 5.97 Å². The van der Waals surface area contributed by atoms with Gasteiger partial charge >= 0.3 is 5.97 Å². The number of pyridine rings is 1. The minimum absolute atomic E-state index is 0.157. The molecule has 2 aromatic rings. The van der Waals surface area contributed by atoms with E-state index in [0.717, 1.165) is 11.1 Å². The number of hydrogen-bond donors (Lipinski definition) is 1. The standard InChI is InChI=1S/C18H18N2O4/c1-23-18(22)13-24-16-6-2-4-14(10-16)7-8-17(21)20-12-15-5-3-9-19-11-15/h2-11H,12-13H2,1H3,(H,20,21). The van der Waals surface area contributed by atoms with Crippen molar-refractivity contribution in [2.75, 3.05) is 13.7 Å². The van der Waals surface area contributed by atoms with E-state index in [1.54, 1.807) is 36.7 Å². The van der Waals surface area contributed by atoms with Crippen LogP contribution in [-0.2, 0) is 20.9 Å². The van der Waals surface area contributed by atoms with Crippen LogP contribution in [-0.4, -0.2) is 30.6 Å². The minimum Gasteiger partial charge on any atom is -0.482 e. The maximum Gasteiger partial charge on any atom is 0.343 e. The number of amides is 1. The highest BCUT2D eigenvalue weighted by molar-refractivity contribution is 5.91. The van der Waals surface area contributed by atoms with Crippen molar-refractivity contribution in [3.05, 3.63) is 66.0 Å². The van der Waals surface area contributed by atoms with Crippen molar-refractivity contribution in [2.45, 2.75) is 6.54 Å². The first kappa shape index (κ1) is 17.2. The third-order valence-electron chi connectivity index (χ3n) is 3.06. The lowest BCUT2D eigenvalue weighted by atomic mass is 10.2. The lowest BCUT2D eigenvalue weighted by Crippen LogP contribution is -2.20. The summed E-state index contributed by atoms with van der Waals surface area (Å²) < 4.78 is 9.80. The van der Waals surface area contributed by atoms with Crippen molar-refractivity contribution in [1.82, 2.24) is 10.3 Å². The van der Waals surface area contributed by atoms with Crippen LogP contribution in [0.3, 0.4) is 0 Å². The molecule has 24 heavy (non-hydrogen) atoms. The number of esters is 1. The van der Waals surface area contributed by atoms with Gasteiger partial charge in [0.2, 0.25) is 5.91 Å². The van der Waals surface area contributed by atoms with E-state index in [1.165, 1.54) is 13.2 Å². The second-order valence-electron chi connectivity index (χ2n) is 4.85. The quantitative estimate of drug-likeness (QED) is 0.622. The predicted octanol–water partition coefficient (Wildman–Crippen LogP) is 1.96. The minimum atomic E-state index is -0.453. The summed E-state index contributed by atoms with van der Waals surface area (Å²) in [5.41, 5.74) is 1.71. The molecule has 1 aromatic carbocycles. The molecular weight excluding hydrogens is 308 g/mol. The molecule has 6 heteroatoms. The number of nitrogens with zero attached hydrogens (tertiary/aromatic N) is 1. The molecule has 0 radical (unpaired) electrons. The summed E-state index contributed by atoms with van der Waals surface area (Å²) in [7, 11) is 1.30.